The number of carbonyl (C=O) groups excluding carboxylic acids is 2. The Hall–Kier alpha value is -2.27. The fourth-order valence-corrected chi connectivity index (χ4v) is 3.57. The minimum Gasteiger partial charge on any atom is -0.352 e. The van der Waals surface area contributed by atoms with Crippen LogP contribution in [0, 0.1) is 6.92 Å². The predicted octanol–water partition coefficient (Wildman–Crippen LogP) is 4.42. The van der Waals surface area contributed by atoms with E-state index in [2.05, 4.69) is 5.32 Å². The highest BCUT2D eigenvalue weighted by molar-refractivity contribution is 8.00. The Morgan fingerprint density at radius 3 is 2.32 bits per heavy atom. The van der Waals surface area contributed by atoms with Gasteiger partial charge in [-0.25, -0.2) is 0 Å². The Balaban J connectivity index is 2.15. The lowest BCUT2D eigenvalue weighted by atomic mass is 10.1. The van der Waals surface area contributed by atoms with Gasteiger partial charge in [-0.1, -0.05) is 49.4 Å². The first-order valence-electron chi connectivity index (χ1n) is 9.74. The lowest BCUT2D eigenvalue weighted by molar-refractivity contribution is -0.138. The summed E-state index contributed by atoms with van der Waals surface area (Å²) in [6.45, 7) is 8.27. The molecule has 0 heterocycles. The number of hydrogen-bond acceptors (Lipinski definition) is 3. The van der Waals surface area contributed by atoms with E-state index in [1.165, 1.54) is 11.8 Å². The first-order chi connectivity index (χ1) is 13.4. The second kappa shape index (κ2) is 10.9. The summed E-state index contributed by atoms with van der Waals surface area (Å²) < 4.78 is 0. The molecule has 1 N–H and O–H groups in total. The van der Waals surface area contributed by atoms with Gasteiger partial charge >= 0.3 is 0 Å². The smallest absolute Gasteiger partial charge is 0.242 e. The monoisotopic (exact) mass is 398 g/mol. The number of carbonyl (C=O) groups is 2. The van der Waals surface area contributed by atoms with Crippen molar-refractivity contribution < 1.29 is 9.59 Å². The zero-order chi connectivity index (χ0) is 20.5. The minimum atomic E-state index is -0.530. The molecule has 2 aromatic carbocycles. The molecule has 0 unspecified atom stereocenters. The van der Waals surface area contributed by atoms with Crippen LogP contribution >= 0.6 is 11.8 Å². The number of nitrogens with zero attached hydrogens (tertiary/aromatic N) is 1. The van der Waals surface area contributed by atoms with Gasteiger partial charge < -0.3 is 10.2 Å². The van der Waals surface area contributed by atoms with E-state index in [4.69, 9.17) is 0 Å². The Morgan fingerprint density at radius 1 is 1.04 bits per heavy atom. The zero-order valence-electron chi connectivity index (χ0n) is 17.1. The molecule has 0 radical (unpaired) electrons. The van der Waals surface area contributed by atoms with Gasteiger partial charge in [0.2, 0.25) is 11.8 Å². The minimum absolute atomic E-state index is 0.0380. The van der Waals surface area contributed by atoms with Crippen molar-refractivity contribution in [2.75, 3.05) is 5.75 Å². The van der Waals surface area contributed by atoms with Crippen molar-refractivity contribution in [3.05, 3.63) is 65.7 Å². The van der Waals surface area contributed by atoms with Crippen molar-refractivity contribution in [1.29, 1.82) is 0 Å². The third-order valence-corrected chi connectivity index (χ3v) is 5.87. The largest absolute Gasteiger partial charge is 0.352 e. The van der Waals surface area contributed by atoms with Crippen LogP contribution in [0.2, 0.25) is 0 Å². The molecule has 2 amide bonds. The van der Waals surface area contributed by atoms with Crippen molar-refractivity contribution in [3.8, 4) is 0 Å². The SMILES string of the molecule is CC[C@@H](C)NC(=O)[C@@H](C)N(Cc1ccccc1C)C(=O)CSc1ccccc1. The molecule has 0 saturated heterocycles. The number of hydrogen-bond donors (Lipinski definition) is 1. The van der Waals surface area contributed by atoms with E-state index in [1.54, 1.807) is 11.8 Å². The summed E-state index contributed by atoms with van der Waals surface area (Å²) in [5.41, 5.74) is 2.18. The van der Waals surface area contributed by atoms with Crippen LogP contribution in [0.4, 0.5) is 0 Å². The van der Waals surface area contributed by atoms with Crippen molar-refractivity contribution in [2.24, 2.45) is 0 Å². The fraction of sp³-hybridized carbons (Fsp3) is 0.391. The molecule has 0 fully saturated rings. The van der Waals surface area contributed by atoms with Crippen LogP contribution in [0.5, 0.6) is 0 Å². The first-order valence-corrected chi connectivity index (χ1v) is 10.7. The first kappa shape index (κ1) is 22.0. The molecule has 150 valence electrons. The Bertz CT molecular complexity index is 779. The highest BCUT2D eigenvalue weighted by Gasteiger charge is 2.27. The molecule has 5 heteroatoms. The molecule has 0 aliphatic carbocycles. The van der Waals surface area contributed by atoms with E-state index < -0.39 is 6.04 Å². The predicted molar refractivity (Wildman–Crippen MR) is 116 cm³/mol. The topological polar surface area (TPSA) is 49.4 Å². The van der Waals surface area contributed by atoms with Crippen LogP contribution in [-0.4, -0.2) is 34.6 Å². The summed E-state index contributed by atoms with van der Waals surface area (Å²) in [4.78, 5) is 28.5. The molecule has 0 aliphatic heterocycles. The van der Waals surface area contributed by atoms with E-state index in [0.29, 0.717) is 12.3 Å². The van der Waals surface area contributed by atoms with Crippen molar-refractivity contribution in [2.45, 2.75) is 57.6 Å². The summed E-state index contributed by atoms with van der Waals surface area (Å²) in [6, 6.07) is 17.4. The summed E-state index contributed by atoms with van der Waals surface area (Å²) in [6.07, 6.45) is 0.855. The van der Waals surface area contributed by atoms with E-state index in [0.717, 1.165) is 22.4 Å². The highest BCUT2D eigenvalue weighted by atomic mass is 32.2. The van der Waals surface area contributed by atoms with Gasteiger partial charge in [-0.15, -0.1) is 11.8 Å². The van der Waals surface area contributed by atoms with E-state index in [9.17, 15) is 9.59 Å². The van der Waals surface area contributed by atoms with Gasteiger partial charge in [-0.3, -0.25) is 9.59 Å². The summed E-state index contributed by atoms with van der Waals surface area (Å²) in [7, 11) is 0. The Kier molecular flexibility index (Phi) is 8.58. The van der Waals surface area contributed by atoms with Crippen molar-refractivity contribution in [3.63, 3.8) is 0 Å². The number of amides is 2. The summed E-state index contributed by atoms with van der Waals surface area (Å²) in [5, 5.41) is 3.00. The molecule has 2 aromatic rings. The summed E-state index contributed by atoms with van der Waals surface area (Å²) in [5.74, 6) is 0.154. The number of thioether (sulfide) groups is 1. The Labute approximate surface area is 172 Å². The molecule has 28 heavy (non-hydrogen) atoms. The average Bonchev–Trinajstić information content (AvgIpc) is 2.71. The van der Waals surface area contributed by atoms with Crippen LogP contribution < -0.4 is 5.32 Å². The summed E-state index contributed by atoms with van der Waals surface area (Å²) >= 11 is 1.50. The zero-order valence-corrected chi connectivity index (χ0v) is 18.0. The van der Waals surface area contributed by atoms with Gasteiger partial charge in [-0.05, 0) is 50.5 Å². The van der Waals surface area contributed by atoms with Crippen LogP contribution in [0.1, 0.15) is 38.3 Å². The van der Waals surface area contributed by atoms with Crippen molar-refractivity contribution in [1.82, 2.24) is 10.2 Å². The maximum Gasteiger partial charge on any atom is 0.242 e. The third-order valence-electron chi connectivity index (χ3n) is 4.88. The third kappa shape index (κ3) is 6.41. The highest BCUT2D eigenvalue weighted by Crippen LogP contribution is 2.20. The Morgan fingerprint density at radius 2 is 1.68 bits per heavy atom. The molecule has 0 bridgehead atoms. The van der Waals surface area contributed by atoms with Crippen LogP contribution in [-0.2, 0) is 16.1 Å². The van der Waals surface area contributed by atoms with Gasteiger partial charge in [0.1, 0.15) is 6.04 Å². The average molecular weight is 399 g/mol. The van der Waals surface area contributed by atoms with Gasteiger partial charge in [-0.2, -0.15) is 0 Å². The van der Waals surface area contributed by atoms with Crippen LogP contribution in [0.25, 0.3) is 0 Å². The molecule has 4 nitrogen and oxygen atoms in total. The second-order valence-corrected chi connectivity index (χ2v) is 8.09. The lowest BCUT2D eigenvalue weighted by Gasteiger charge is -2.30. The quantitative estimate of drug-likeness (QED) is 0.636. The van der Waals surface area contributed by atoms with Crippen LogP contribution in [0.15, 0.2) is 59.5 Å². The molecule has 0 saturated carbocycles. The molecule has 2 rings (SSSR count). The van der Waals surface area contributed by atoms with Gasteiger partial charge in [0, 0.05) is 17.5 Å². The number of rotatable bonds is 9. The van der Waals surface area contributed by atoms with Gasteiger partial charge in [0.25, 0.3) is 0 Å². The number of benzene rings is 2. The molecule has 0 aromatic heterocycles. The molecule has 0 aliphatic rings. The van der Waals surface area contributed by atoms with E-state index >= 15 is 0 Å². The lowest BCUT2D eigenvalue weighted by Crippen LogP contribution is -2.50. The van der Waals surface area contributed by atoms with Crippen molar-refractivity contribution >= 4 is 23.6 Å². The number of aryl methyl sites for hydroxylation is 1. The number of nitrogens with one attached hydrogen (secondary N) is 1. The molecular weight excluding hydrogens is 368 g/mol. The standard InChI is InChI=1S/C23H30N2O2S/c1-5-18(3)24-23(27)19(4)25(15-20-12-10-9-11-17(20)2)22(26)16-28-21-13-7-6-8-14-21/h6-14,18-19H,5,15-16H2,1-4H3,(H,24,27)/t18-,19-/m1/s1. The van der Waals surface area contributed by atoms with Gasteiger partial charge in [0.05, 0.1) is 5.75 Å². The molecule has 2 atom stereocenters. The van der Waals surface area contributed by atoms with Crippen LogP contribution in [0.3, 0.4) is 0 Å². The second-order valence-electron chi connectivity index (χ2n) is 7.04. The normalized spacial score (nSPS) is 12.9. The molecular formula is C23H30N2O2S. The van der Waals surface area contributed by atoms with E-state index in [-0.39, 0.29) is 17.9 Å². The maximum atomic E-state index is 13.1. The molecule has 0 spiro atoms. The van der Waals surface area contributed by atoms with Gasteiger partial charge in [0.15, 0.2) is 0 Å². The maximum absolute atomic E-state index is 13.1. The van der Waals surface area contributed by atoms with E-state index in [1.807, 2.05) is 75.4 Å². The fourth-order valence-electron chi connectivity index (χ4n) is 2.76.